The highest BCUT2D eigenvalue weighted by molar-refractivity contribution is 7.92. The Hall–Kier alpha value is -4.70. The van der Waals surface area contributed by atoms with E-state index in [0.29, 0.717) is 6.54 Å². The molecule has 0 saturated carbocycles. The molecule has 1 atom stereocenters. The Bertz CT molecular complexity index is 1690. The molecule has 0 heterocycles. The second kappa shape index (κ2) is 16.6. The Labute approximate surface area is 270 Å². The van der Waals surface area contributed by atoms with Gasteiger partial charge in [0, 0.05) is 25.1 Å². The van der Waals surface area contributed by atoms with Gasteiger partial charge in [0.25, 0.3) is 10.0 Å². The molecule has 0 aliphatic rings. The predicted octanol–water partition coefficient (Wildman–Crippen LogP) is 5.98. The van der Waals surface area contributed by atoms with Gasteiger partial charge in [-0.25, -0.2) is 12.8 Å². The highest BCUT2D eigenvalue weighted by Crippen LogP contribution is 2.33. The first-order chi connectivity index (χ1) is 22.3. The van der Waals surface area contributed by atoms with Gasteiger partial charge in [0.05, 0.1) is 17.2 Å². The number of para-hydroxylation sites is 2. The Kier molecular flexibility index (Phi) is 12.3. The van der Waals surface area contributed by atoms with Crippen LogP contribution in [0.3, 0.4) is 0 Å². The molecule has 1 N–H and O–H groups in total. The van der Waals surface area contributed by atoms with Crippen molar-refractivity contribution >= 4 is 27.5 Å². The minimum atomic E-state index is -4.30. The predicted molar refractivity (Wildman–Crippen MR) is 177 cm³/mol. The van der Waals surface area contributed by atoms with Crippen LogP contribution < -0.4 is 14.4 Å². The number of hydrogen-bond donors (Lipinski definition) is 1. The molecule has 8 nitrogen and oxygen atoms in total. The Morgan fingerprint density at radius 2 is 1.48 bits per heavy atom. The number of benzene rings is 4. The molecule has 242 valence electrons. The van der Waals surface area contributed by atoms with E-state index in [4.69, 9.17) is 4.74 Å². The number of carbonyl (C=O) groups is 2. The fourth-order valence-corrected chi connectivity index (χ4v) is 6.49. The molecule has 0 aliphatic carbocycles. The van der Waals surface area contributed by atoms with Crippen molar-refractivity contribution in [3.8, 4) is 5.75 Å². The molecule has 4 aromatic rings. The van der Waals surface area contributed by atoms with Gasteiger partial charge in [-0.05, 0) is 49.2 Å². The molecule has 0 radical (unpaired) electrons. The van der Waals surface area contributed by atoms with Gasteiger partial charge >= 0.3 is 0 Å². The normalized spacial score (nSPS) is 11.8. The smallest absolute Gasteiger partial charge is 0.264 e. The van der Waals surface area contributed by atoms with Crippen molar-refractivity contribution in [1.29, 1.82) is 0 Å². The van der Waals surface area contributed by atoms with Crippen LogP contribution in [0.25, 0.3) is 0 Å². The maximum atomic E-state index is 15.1. The van der Waals surface area contributed by atoms with Crippen LogP contribution in [-0.4, -0.2) is 50.9 Å². The van der Waals surface area contributed by atoms with E-state index < -0.39 is 40.2 Å². The van der Waals surface area contributed by atoms with Crippen LogP contribution in [0.5, 0.6) is 5.75 Å². The summed E-state index contributed by atoms with van der Waals surface area (Å²) in [7, 11) is -4.30. The summed E-state index contributed by atoms with van der Waals surface area (Å²) in [5.41, 5.74) is 1.15. The molecular formula is C36H40FN3O5S. The maximum absolute atomic E-state index is 15.1. The minimum Gasteiger partial charge on any atom is -0.492 e. The molecule has 2 amide bonds. The summed E-state index contributed by atoms with van der Waals surface area (Å²) in [6.07, 6.45) is 1.73. The number of halogens is 1. The lowest BCUT2D eigenvalue weighted by molar-refractivity contribution is -0.140. The van der Waals surface area contributed by atoms with E-state index in [1.807, 2.05) is 37.3 Å². The van der Waals surface area contributed by atoms with Gasteiger partial charge in [0.1, 0.15) is 24.2 Å². The molecule has 0 bridgehead atoms. The van der Waals surface area contributed by atoms with E-state index in [1.54, 1.807) is 67.6 Å². The number of unbranched alkanes of at least 4 members (excludes halogenated alkanes) is 1. The summed E-state index contributed by atoms with van der Waals surface area (Å²) in [5.74, 6) is -1.36. The van der Waals surface area contributed by atoms with E-state index in [1.165, 1.54) is 23.1 Å². The zero-order valence-corrected chi connectivity index (χ0v) is 27.0. The average Bonchev–Trinajstić information content (AvgIpc) is 3.07. The summed E-state index contributed by atoms with van der Waals surface area (Å²) in [6, 6.07) is 28.6. The van der Waals surface area contributed by atoms with Crippen LogP contribution in [0.2, 0.25) is 0 Å². The molecule has 4 aromatic carbocycles. The van der Waals surface area contributed by atoms with E-state index >= 15 is 4.39 Å². The molecule has 0 fully saturated rings. The number of nitrogens with one attached hydrogen (secondary N) is 1. The van der Waals surface area contributed by atoms with Crippen LogP contribution in [-0.2, 0) is 32.6 Å². The number of carbonyl (C=O) groups excluding carboxylic acids is 2. The molecule has 0 unspecified atom stereocenters. The number of hydrogen-bond acceptors (Lipinski definition) is 5. The second-order valence-electron chi connectivity index (χ2n) is 10.7. The first kappa shape index (κ1) is 34.2. The fourth-order valence-electron chi connectivity index (χ4n) is 5.04. The van der Waals surface area contributed by atoms with Crippen molar-refractivity contribution in [2.75, 3.05) is 24.0 Å². The molecule has 0 saturated heterocycles. The Morgan fingerprint density at radius 3 is 2.15 bits per heavy atom. The van der Waals surface area contributed by atoms with Gasteiger partial charge in [-0.1, -0.05) is 92.2 Å². The lowest BCUT2D eigenvalue weighted by atomic mass is 10.0. The van der Waals surface area contributed by atoms with Crippen LogP contribution in [0.15, 0.2) is 114 Å². The minimum absolute atomic E-state index is 0.0205. The molecule has 0 aliphatic heterocycles. The zero-order chi connectivity index (χ0) is 32.9. The number of ether oxygens (including phenoxy) is 1. The van der Waals surface area contributed by atoms with E-state index in [9.17, 15) is 18.0 Å². The summed E-state index contributed by atoms with van der Waals surface area (Å²) >= 11 is 0. The van der Waals surface area contributed by atoms with Crippen LogP contribution in [0.4, 0.5) is 10.1 Å². The molecule has 0 aromatic heterocycles. The highest BCUT2D eigenvalue weighted by atomic mass is 32.2. The molecule has 10 heteroatoms. The second-order valence-corrected chi connectivity index (χ2v) is 12.6. The first-order valence-corrected chi connectivity index (χ1v) is 16.8. The van der Waals surface area contributed by atoms with Crippen molar-refractivity contribution in [3.05, 3.63) is 126 Å². The topological polar surface area (TPSA) is 96.0 Å². The third kappa shape index (κ3) is 8.72. The van der Waals surface area contributed by atoms with Gasteiger partial charge in [0.2, 0.25) is 11.8 Å². The van der Waals surface area contributed by atoms with E-state index in [2.05, 4.69) is 5.32 Å². The maximum Gasteiger partial charge on any atom is 0.264 e. The van der Waals surface area contributed by atoms with Gasteiger partial charge in [-0.2, -0.15) is 0 Å². The summed E-state index contributed by atoms with van der Waals surface area (Å²) in [5, 5.41) is 2.93. The number of anilines is 1. The highest BCUT2D eigenvalue weighted by Gasteiger charge is 2.35. The largest absolute Gasteiger partial charge is 0.492 e. The van der Waals surface area contributed by atoms with Crippen molar-refractivity contribution in [2.45, 2.75) is 50.6 Å². The van der Waals surface area contributed by atoms with Crippen molar-refractivity contribution in [1.82, 2.24) is 10.2 Å². The van der Waals surface area contributed by atoms with E-state index in [0.717, 1.165) is 22.7 Å². The number of nitrogens with zero attached hydrogens (tertiary/aromatic N) is 2. The van der Waals surface area contributed by atoms with Gasteiger partial charge in [-0.3, -0.25) is 13.9 Å². The SMILES string of the molecule is CCCCNC(=O)[C@H](Cc1ccccc1)N(Cc1ccccc1F)C(=O)CN(c1ccccc1OCC)S(=O)(=O)c1ccccc1. The third-order valence-electron chi connectivity index (χ3n) is 7.44. The van der Waals surface area contributed by atoms with Crippen LogP contribution in [0, 0.1) is 5.82 Å². The average molecular weight is 646 g/mol. The third-order valence-corrected chi connectivity index (χ3v) is 9.22. The molecular weight excluding hydrogens is 605 g/mol. The number of amides is 2. The number of rotatable bonds is 16. The van der Waals surface area contributed by atoms with Crippen molar-refractivity contribution in [3.63, 3.8) is 0 Å². The lowest BCUT2D eigenvalue weighted by Crippen LogP contribution is -2.53. The Balaban J connectivity index is 1.82. The zero-order valence-electron chi connectivity index (χ0n) is 26.1. The van der Waals surface area contributed by atoms with Crippen molar-refractivity contribution < 1.29 is 27.1 Å². The molecule has 46 heavy (non-hydrogen) atoms. The number of sulfonamides is 1. The first-order valence-electron chi connectivity index (χ1n) is 15.4. The van der Waals surface area contributed by atoms with Crippen LogP contribution >= 0.6 is 0 Å². The van der Waals surface area contributed by atoms with Crippen molar-refractivity contribution in [2.24, 2.45) is 0 Å². The molecule has 4 rings (SSSR count). The quantitative estimate of drug-likeness (QED) is 0.151. The monoisotopic (exact) mass is 645 g/mol. The summed E-state index contributed by atoms with van der Waals surface area (Å²) in [6.45, 7) is 3.53. The lowest BCUT2D eigenvalue weighted by Gasteiger charge is -2.34. The standard InChI is InChI=1S/C36H40FN3O5S/c1-3-5-24-38-36(42)33(25-28-16-8-6-9-17-28)39(26-29-18-12-13-21-31(29)37)35(41)27-40(32-22-14-15-23-34(32)45-4-2)46(43,44)30-19-10-7-11-20-30/h6-23,33H,3-5,24-27H2,1-2H3,(H,38,42)/t33-/m0/s1. The van der Waals surface area contributed by atoms with Gasteiger partial charge in [0.15, 0.2) is 0 Å². The summed E-state index contributed by atoms with van der Waals surface area (Å²) < 4.78 is 50.2. The van der Waals surface area contributed by atoms with Crippen LogP contribution in [0.1, 0.15) is 37.8 Å². The Morgan fingerprint density at radius 1 is 0.848 bits per heavy atom. The van der Waals surface area contributed by atoms with Gasteiger partial charge < -0.3 is 15.0 Å². The molecule has 0 spiro atoms. The van der Waals surface area contributed by atoms with Gasteiger partial charge in [-0.15, -0.1) is 0 Å². The fraction of sp³-hybridized carbons (Fsp3) is 0.278. The summed E-state index contributed by atoms with van der Waals surface area (Å²) in [4.78, 5) is 29.6. The van der Waals surface area contributed by atoms with E-state index in [-0.39, 0.29) is 41.5 Å².